The third-order valence-electron chi connectivity index (χ3n) is 3.80. The van der Waals surface area contributed by atoms with Gasteiger partial charge in [-0.2, -0.15) is 0 Å². The number of hydrogen-bond acceptors (Lipinski definition) is 3. The Hall–Kier alpha value is -0.970. The number of nitrogens with two attached hydrogens (primary N) is 1. The second-order valence-electron chi connectivity index (χ2n) is 5.72. The Labute approximate surface area is 143 Å². The standard InChI is InChI=1S/C16H23ClN2O2.ClH/c1-11(9-18)10-19-16(20)14-8-12(17)6-7-15(14)21-13-4-2-3-5-13;/h6-8,11,13H,2-5,9-10,18H2,1H3,(H,19,20);1H. The molecule has 1 aromatic carbocycles. The van der Waals surface area contributed by atoms with Gasteiger partial charge < -0.3 is 15.8 Å². The molecule has 0 radical (unpaired) electrons. The Kier molecular flexibility index (Phi) is 8.01. The molecule has 0 saturated heterocycles. The quantitative estimate of drug-likeness (QED) is 0.829. The highest BCUT2D eigenvalue weighted by atomic mass is 35.5. The third kappa shape index (κ3) is 5.34. The van der Waals surface area contributed by atoms with E-state index in [9.17, 15) is 4.79 Å². The molecule has 1 atom stereocenters. The minimum atomic E-state index is -0.161. The molecule has 124 valence electrons. The van der Waals surface area contributed by atoms with E-state index in [0.29, 0.717) is 29.4 Å². The lowest BCUT2D eigenvalue weighted by atomic mass is 10.1. The van der Waals surface area contributed by atoms with Gasteiger partial charge >= 0.3 is 0 Å². The van der Waals surface area contributed by atoms with Gasteiger partial charge in [0.05, 0.1) is 11.7 Å². The van der Waals surface area contributed by atoms with Crippen LogP contribution in [-0.4, -0.2) is 25.1 Å². The van der Waals surface area contributed by atoms with E-state index < -0.39 is 0 Å². The number of carbonyl (C=O) groups is 1. The number of benzene rings is 1. The molecule has 1 aliphatic rings. The first kappa shape index (κ1) is 19.1. The zero-order chi connectivity index (χ0) is 15.2. The Morgan fingerprint density at radius 1 is 1.45 bits per heavy atom. The Balaban J connectivity index is 0.00000242. The van der Waals surface area contributed by atoms with E-state index in [2.05, 4.69) is 5.32 Å². The van der Waals surface area contributed by atoms with Gasteiger partial charge in [0.1, 0.15) is 5.75 Å². The number of ether oxygens (including phenoxy) is 1. The van der Waals surface area contributed by atoms with Gasteiger partial charge in [-0.3, -0.25) is 4.79 Å². The maximum Gasteiger partial charge on any atom is 0.255 e. The van der Waals surface area contributed by atoms with Crippen molar-refractivity contribution in [2.75, 3.05) is 13.1 Å². The van der Waals surface area contributed by atoms with Crippen molar-refractivity contribution < 1.29 is 9.53 Å². The van der Waals surface area contributed by atoms with Crippen molar-refractivity contribution in [2.45, 2.75) is 38.7 Å². The molecular formula is C16H24Cl2N2O2. The molecule has 0 bridgehead atoms. The van der Waals surface area contributed by atoms with E-state index in [1.54, 1.807) is 18.2 Å². The fraction of sp³-hybridized carbons (Fsp3) is 0.562. The van der Waals surface area contributed by atoms with Crippen LogP contribution in [0.15, 0.2) is 18.2 Å². The molecule has 6 heteroatoms. The summed E-state index contributed by atoms with van der Waals surface area (Å²) in [6, 6.07) is 5.20. The Morgan fingerprint density at radius 3 is 2.77 bits per heavy atom. The van der Waals surface area contributed by atoms with Crippen LogP contribution in [0.3, 0.4) is 0 Å². The summed E-state index contributed by atoms with van der Waals surface area (Å²) in [6.07, 6.45) is 4.68. The van der Waals surface area contributed by atoms with Crippen LogP contribution in [0.4, 0.5) is 0 Å². The maximum atomic E-state index is 12.3. The summed E-state index contributed by atoms with van der Waals surface area (Å²) in [5.41, 5.74) is 6.06. The van der Waals surface area contributed by atoms with Crippen LogP contribution in [0.1, 0.15) is 43.0 Å². The van der Waals surface area contributed by atoms with E-state index in [0.717, 1.165) is 12.8 Å². The number of amides is 1. The van der Waals surface area contributed by atoms with E-state index in [1.165, 1.54) is 12.8 Å². The van der Waals surface area contributed by atoms with Gasteiger partial charge in [-0.1, -0.05) is 18.5 Å². The summed E-state index contributed by atoms with van der Waals surface area (Å²) in [5, 5.41) is 3.42. The zero-order valence-corrected chi connectivity index (χ0v) is 14.4. The molecule has 1 fully saturated rings. The summed E-state index contributed by atoms with van der Waals surface area (Å²) in [7, 11) is 0. The van der Waals surface area contributed by atoms with Gasteiger partial charge in [0, 0.05) is 11.6 Å². The molecule has 1 amide bonds. The minimum Gasteiger partial charge on any atom is -0.490 e. The van der Waals surface area contributed by atoms with Crippen molar-refractivity contribution in [1.82, 2.24) is 5.32 Å². The minimum absolute atomic E-state index is 0. The predicted octanol–water partition coefficient (Wildman–Crippen LogP) is 3.41. The van der Waals surface area contributed by atoms with Crippen molar-refractivity contribution >= 4 is 29.9 Å². The average Bonchev–Trinajstić information content (AvgIpc) is 2.99. The molecule has 22 heavy (non-hydrogen) atoms. The third-order valence-corrected chi connectivity index (χ3v) is 4.03. The first-order valence-corrected chi connectivity index (χ1v) is 7.92. The van der Waals surface area contributed by atoms with Crippen LogP contribution in [0.5, 0.6) is 5.75 Å². The molecule has 3 N–H and O–H groups in total. The zero-order valence-electron chi connectivity index (χ0n) is 12.8. The fourth-order valence-electron chi connectivity index (χ4n) is 2.41. The molecular weight excluding hydrogens is 323 g/mol. The molecule has 2 rings (SSSR count). The number of carbonyl (C=O) groups excluding carboxylic acids is 1. The highest BCUT2D eigenvalue weighted by Crippen LogP contribution is 2.28. The summed E-state index contributed by atoms with van der Waals surface area (Å²) in [4.78, 5) is 12.3. The molecule has 4 nitrogen and oxygen atoms in total. The highest BCUT2D eigenvalue weighted by Gasteiger charge is 2.20. The summed E-state index contributed by atoms with van der Waals surface area (Å²) in [6.45, 7) is 3.08. The predicted molar refractivity (Wildman–Crippen MR) is 92.1 cm³/mol. The van der Waals surface area contributed by atoms with Gasteiger partial charge in [-0.05, 0) is 56.3 Å². The van der Waals surface area contributed by atoms with Gasteiger partial charge in [-0.15, -0.1) is 12.4 Å². The van der Waals surface area contributed by atoms with Crippen LogP contribution >= 0.6 is 24.0 Å². The topological polar surface area (TPSA) is 64.3 Å². The number of hydrogen-bond donors (Lipinski definition) is 2. The first-order chi connectivity index (χ1) is 10.1. The summed E-state index contributed by atoms with van der Waals surface area (Å²) >= 11 is 6.01. The monoisotopic (exact) mass is 346 g/mol. The van der Waals surface area contributed by atoms with Crippen molar-refractivity contribution in [3.8, 4) is 5.75 Å². The highest BCUT2D eigenvalue weighted by molar-refractivity contribution is 6.31. The maximum absolute atomic E-state index is 12.3. The van der Waals surface area contributed by atoms with Gasteiger partial charge in [-0.25, -0.2) is 0 Å². The van der Waals surface area contributed by atoms with Crippen molar-refractivity contribution in [3.63, 3.8) is 0 Å². The van der Waals surface area contributed by atoms with E-state index >= 15 is 0 Å². The smallest absolute Gasteiger partial charge is 0.255 e. The Morgan fingerprint density at radius 2 is 2.14 bits per heavy atom. The molecule has 1 aromatic rings. The fourth-order valence-corrected chi connectivity index (χ4v) is 2.59. The number of halogens is 2. The van der Waals surface area contributed by atoms with Crippen LogP contribution in [-0.2, 0) is 0 Å². The number of rotatable bonds is 6. The SMILES string of the molecule is CC(CN)CNC(=O)c1cc(Cl)ccc1OC1CCCC1.Cl. The van der Waals surface area contributed by atoms with Crippen molar-refractivity contribution in [1.29, 1.82) is 0 Å². The average molecular weight is 347 g/mol. The molecule has 0 spiro atoms. The summed E-state index contributed by atoms with van der Waals surface area (Å²) in [5.74, 6) is 0.697. The van der Waals surface area contributed by atoms with E-state index in [4.69, 9.17) is 22.1 Å². The van der Waals surface area contributed by atoms with E-state index in [-0.39, 0.29) is 30.3 Å². The van der Waals surface area contributed by atoms with Crippen LogP contribution in [0, 0.1) is 5.92 Å². The van der Waals surface area contributed by atoms with E-state index in [1.807, 2.05) is 6.92 Å². The largest absolute Gasteiger partial charge is 0.490 e. The lowest BCUT2D eigenvalue weighted by molar-refractivity contribution is 0.0941. The second kappa shape index (κ2) is 9.23. The van der Waals surface area contributed by atoms with Gasteiger partial charge in [0.25, 0.3) is 5.91 Å². The molecule has 0 aliphatic heterocycles. The van der Waals surface area contributed by atoms with Crippen LogP contribution in [0.2, 0.25) is 5.02 Å². The second-order valence-corrected chi connectivity index (χ2v) is 6.15. The molecule has 1 saturated carbocycles. The van der Waals surface area contributed by atoms with Crippen molar-refractivity contribution in [2.24, 2.45) is 11.7 Å². The lowest BCUT2D eigenvalue weighted by Gasteiger charge is -2.17. The summed E-state index contributed by atoms with van der Waals surface area (Å²) < 4.78 is 5.97. The van der Waals surface area contributed by atoms with Crippen LogP contribution < -0.4 is 15.8 Å². The normalized spacial score (nSPS) is 16.0. The molecule has 1 unspecified atom stereocenters. The van der Waals surface area contributed by atoms with Crippen molar-refractivity contribution in [3.05, 3.63) is 28.8 Å². The lowest BCUT2D eigenvalue weighted by Crippen LogP contribution is -2.31. The number of nitrogens with one attached hydrogen (secondary N) is 1. The molecule has 1 aliphatic carbocycles. The first-order valence-electron chi connectivity index (χ1n) is 7.54. The van der Waals surface area contributed by atoms with Gasteiger partial charge in [0.15, 0.2) is 0 Å². The Bertz CT molecular complexity index is 491. The van der Waals surface area contributed by atoms with Gasteiger partial charge in [0.2, 0.25) is 0 Å². The molecule has 0 heterocycles. The molecule has 0 aromatic heterocycles. The van der Waals surface area contributed by atoms with Crippen LogP contribution in [0.25, 0.3) is 0 Å².